The van der Waals surface area contributed by atoms with Gasteiger partial charge in [0.05, 0.1) is 13.2 Å². The third-order valence-corrected chi connectivity index (χ3v) is 3.61. The number of hydrogen-bond donors (Lipinski definition) is 0. The van der Waals surface area contributed by atoms with Gasteiger partial charge in [0.15, 0.2) is 0 Å². The molecule has 0 spiro atoms. The molecule has 0 aromatic rings. The van der Waals surface area contributed by atoms with Crippen LogP contribution in [0.4, 0.5) is 9.59 Å². The summed E-state index contributed by atoms with van der Waals surface area (Å²) in [5, 5.41) is 0. The number of carbonyl (C=O) groups is 2. The molecule has 0 radical (unpaired) electrons. The van der Waals surface area contributed by atoms with Crippen LogP contribution in [-0.4, -0.2) is 25.5 Å². The van der Waals surface area contributed by atoms with E-state index in [1.807, 2.05) is 0 Å². The fourth-order valence-corrected chi connectivity index (χ4v) is 2.19. The average Bonchev–Trinajstić information content (AvgIpc) is 2.58. The first-order valence-corrected chi connectivity index (χ1v) is 9.38. The van der Waals surface area contributed by atoms with E-state index in [4.69, 9.17) is 9.47 Å². The fourth-order valence-electron chi connectivity index (χ4n) is 2.19. The second-order valence-corrected chi connectivity index (χ2v) is 5.90. The number of carbonyl (C=O) groups excluding carboxylic acids is 2. The molecule has 0 aliphatic carbocycles. The van der Waals surface area contributed by atoms with Gasteiger partial charge in [0, 0.05) is 0 Å². The van der Waals surface area contributed by atoms with E-state index in [0.717, 1.165) is 38.5 Å². The summed E-state index contributed by atoms with van der Waals surface area (Å²) in [7, 11) is 0. The van der Waals surface area contributed by atoms with Crippen molar-refractivity contribution in [3.05, 3.63) is 0 Å². The zero-order chi connectivity index (χ0) is 17.9. The van der Waals surface area contributed by atoms with Gasteiger partial charge >= 0.3 is 12.3 Å². The first kappa shape index (κ1) is 22.5. The third kappa shape index (κ3) is 16.9. The van der Waals surface area contributed by atoms with Crippen LogP contribution in [-0.2, 0) is 19.2 Å². The Morgan fingerprint density at radius 2 is 0.875 bits per heavy atom. The van der Waals surface area contributed by atoms with Crippen LogP contribution < -0.4 is 0 Å². The van der Waals surface area contributed by atoms with Gasteiger partial charge in [-0.1, -0.05) is 78.1 Å². The molecule has 0 aromatic carbocycles. The molecule has 0 aliphatic heterocycles. The summed E-state index contributed by atoms with van der Waals surface area (Å²) in [6, 6.07) is 0. The summed E-state index contributed by atoms with van der Waals surface area (Å²) < 4.78 is 9.57. The zero-order valence-corrected chi connectivity index (χ0v) is 15.3. The molecule has 0 heterocycles. The van der Waals surface area contributed by atoms with Gasteiger partial charge in [0.25, 0.3) is 0 Å². The molecule has 6 heteroatoms. The van der Waals surface area contributed by atoms with Gasteiger partial charge in [-0.05, 0) is 12.8 Å². The van der Waals surface area contributed by atoms with Crippen molar-refractivity contribution in [1.29, 1.82) is 0 Å². The molecule has 0 saturated carbocycles. The van der Waals surface area contributed by atoms with E-state index in [0.29, 0.717) is 0 Å². The maximum atomic E-state index is 11.2. The molecule has 0 saturated heterocycles. The summed E-state index contributed by atoms with van der Waals surface area (Å²) in [5.74, 6) is 0. The standard InChI is InChI=1S/C18H34O6/c1-3-5-7-9-11-13-15-21-17(19)23-24-18(20)22-16-14-12-10-8-6-4-2/h3-16H2,1-2H3. The van der Waals surface area contributed by atoms with E-state index >= 15 is 0 Å². The smallest absolute Gasteiger partial charge is 0.432 e. The molecular weight excluding hydrogens is 312 g/mol. The van der Waals surface area contributed by atoms with E-state index in [1.165, 1.54) is 38.5 Å². The lowest BCUT2D eigenvalue weighted by Crippen LogP contribution is -2.14. The molecule has 0 aromatic heterocycles. The molecule has 0 bridgehead atoms. The first-order valence-electron chi connectivity index (χ1n) is 9.38. The van der Waals surface area contributed by atoms with Crippen LogP contribution in [0, 0.1) is 0 Å². The predicted molar refractivity (Wildman–Crippen MR) is 91.6 cm³/mol. The Bertz CT molecular complexity index is 276. The molecule has 24 heavy (non-hydrogen) atoms. The molecule has 0 unspecified atom stereocenters. The summed E-state index contributed by atoms with van der Waals surface area (Å²) in [4.78, 5) is 30.8. The maximum Gasteiger partial charge on any atom is 0.549 e. The van der Waals surface area contributed by atoms with Crippen molar-refractivity contribution >= 4 is 12.3 Å². The lowest BCUT2D eigenvalue weighted by molar-refractivity contribution is -0.217. The van der Waals surface area contributed by atoms with E-state index < -0.39 is 12.3 Å². The van der Waals surface area contributed by atoms with Crippen molar-refractivity contribution in [1.82, 2.24) is 0 Å². The Balaban J connectivity index is 3.34. The number of hydrogen-bond acceptors (Lipinski definition) is 6. The van der Waals surface area contributed by atoms with Crippen LogP contribution in [0.2, 0.25) is 0 Å². The monoisotopic (exact) mass is 346 g/mol. The lowest BCUT2D eigenvalue weighted by Gasteiger charge is -2.05. The summed E-state index contributed by atoms with van der Waals surface area (Å²) >= 11 is 0. The second kappa shape index (κ2) is 17.9. The number of unbranched alkanes of at least 4 members (excludes halogenated alkanes) is 10. The Hall–Kier alpha value is -1.46. The highest BCUT2D eigenvalue weighted by atomic mass is 17.3. The topological polar surface area (TPSA) is 71.1 Å². The van der Waals surface area contributed by atoms with Crippen molar-refractivity contribution in [2.75, 3.05) is 13.2 Å². The molecular formula is C18H34O6. The van der Waals surface area contributed by atoms with Gasteiger partial charge in [-0.2, -0.15) is 19.4 Å². The van der Waals surface area contributed by atoms with Crippen molar-refractivity contribution < 1.29 is 28.8 Å². The van der Waals surface area contributed by atoms with Crippen molar-refractivity contribution in [2.24, 2.45) is 0 Å². The van der Waals surface area contributed by atoms with E-state index in [1.54, 1.807) is 0 Å². The van der Waals surface area contributed by atoms with Crippen LogP contribution in [0.1, 0.15) is 90.9 Å². The Morgan fingerprint density at radius 1 is 0.542 bits per heavy atom. The molecule has 6 nitrogen and oxygen atoms in total. The highest BCUT2D eigenvalue weighted by Gasteiger charge is 2.11. The highest BCUT2D eigenvalue weighted by molar-refractivity contribution is 5.63. The van der Waals surface area contributed by atoms with Crippen LogP contribution >= 0.6 is 0 Å². The van der Waals surface area contributed by atoms with Crippen molar-refractivity contribution in [3.8, 4) is 0 Å². The predicted octanol–water partition coefficient (Wildman–Crippen LogP) is 5.93. The molecule has 0 N–H and O–H groups in total. The number of rotatable bonds is 14. The van der Waals surface area contributed by atoms with Crippen LogP contribution in [0.25, 0.3) is 0 Å². The van der Waals surface area contributed by atoms with Crippen LogP contribution in [0.3, 0.4) is 0 Å². The Labute approximate surface area is 146 Å². The lowest BCUT2D eigenvalue weighted by atomic mass is 10.1. The normalized spacial score (nSPS) is 10.2. The summed E-state index contributed by atoms with van der Waals surface area (Å²) in [5.41, 5.74) is 0. The molecule has 0 atom stereocenters. The van der Waals surface area contributed by atoms with E-state index in [9.17, 15) is 9.59 Å². The summed E-state index contributed by atoms with van der Waals surface area (Å²) in [6.45, 7) is 4.86. The van der Waals surface area contributed by atoms with Crippen molar-refractivity contribution in [3.63, 3.8) is 0 Å². The molecule has 0 amide bonds. The SMILES string of the molecule is CCCCCCCCOC(=O)OOC(=O)OCCCCCCCC. The molecule has 142 valence electrons. The van der Waals surface area contributed by atoms with Gasteiger partial charge < -0.3 is 9.47 Å². The zero-order valence-electron chi connectivity index (χ0n) is 15.3. The van der Waals surface area contributed by atoms with Gasteiger partial charge in [0.1, 0.15) is 0 Å². The van der Waals surface area contributed by atoms with Gasteiger partial charge in [0.2, 0.25) is 0 Å². The van der Waals surface area contributed by atoms with E-state index in [-0.39, 0.29) is 13.2 Å². The fraction of sp³-hybridized carbons (Fsp3) is 0.889. The van der Waals surface area contributed by atoms with Crippen molar-refractivity contribution in [2.45, 2.75) is 90.9 Å². The van der Waals surface area contributed by atoms with Crippen LogP contribution in [0.5, 0.6) is 0 Å². The molecule has 0 aliphatic rings. The largest absolute Gasteiger partial charge is 0.549 e. The average molecular weight is 346 g/mol. The molecule has 0 rings (SSSR count). The Kier molecular flexibility index (Phi) is 16.8. The van der Waals surface area contributed by atoms with Gasteiger partial charge in [-0.25, -0.2) is 0 Å². The summed E-state index contributed by atoms with van der Waals surface area (Å²) in [6.07, 6.45) is 11.1. The Morgan fingerprint density at radius 3 is 1.25 bits per heavy atom. The minimum Gasteiger partial charge on any atom is -0.432 e. The number of ether oxygens (including phenoxy) is 2. The van der Waals surface area contributed by atoms with E-state index in [2.05, 4.69) is 23.6 Å². The van der Waals surface area contributed by atoms with Gasteiger partial charge in [-0.3, -0.25) is 0 Å². The maximum absolute atomic E-state index is 11.2. The highest BCUT2D eigenvalue weighted by Crippen LogP contribution is 2.06. The van der Waals surface area contributed by atoms with Crippen LogP contribution in [0.15, 0.2) is 0 Å². The second-order valence-electron chi connectivity index (χ2n) is 5.90. The van der Waals surface area contributed by atoms with Gasteiger partial charge in [-0.15, -0.1) is 0 Å². The minimum absolute atomic E-state index is 0.265. The minimum atomic E-state index is -1.01. The quantitative estimate of drug-likeness (QED) is 0.168. The third-order valence-electron chi connectivity index (χ3n) is 3.61. The first-order chi connectivity index (χ1) is 11.7. The molecule has 0 fully saturated rings.